The van der Waals surface area contributed by atoms with Crippen LogP contribution in [0.3, 0.4) is 0 Å². The minimum Gasteiger partial charge on any atom is -0.480 e. The highest BCUT2D eigenvalue weighted by Crippen LogP contribution is 2.19. The summed E-state index contributed by atoms with van der Waals surface area (Å²) in [4.78, 5) is 21.4. The minimum atomic E-state index is -1.11. The summed E-state index contributed by atoms with van der Waals surface area (Å²) in [7, 11) is 0. The smallest absolute Gasteiger partial charge is 0.322 e. The summed E-state index contributed by atoms with van der Waals surface area (Å²) in [6.45, 7) is -0.496. The monoisotopic (exact) mass is 267 g/mol. The number of anilines is 1. The molecule has 0 fully saturated rings. The molecule has 0 aliphatic heterocycles. The van der Waals surface area contributed by atoms with Crippen molar-refractivity contribution in [1.82, 2.24) is 5.32 Å². The number of carboxylic acids is 1. The Kier molecular flexibility index (Phi) is 4.96. The molecule has 0 saturated carbocycles. The van der Waals surface area contributed by atoms with Crippen LogP contribution in [0, 0.1) is 11.3 Å². The van der Waals surface area contributed by atoms with Gasteiger partial charge in [-0.25, -0.2) is 0 Å². The zero-order valence-electron chi connectivity index (χ0n) is 9.24. The van der Waals surface area contributed by atoms with Crippen LogP contribution in [0.1, 0.15) is 5.56 Å². The molecule has 0 aliphatic rings. The molecule has 0 radical (unpaired) electrons. The van der Waals surface area contributed by atoms with E-state index in [0.717, 1.165) is 0 Å². The molecule has 0 aliphatic carbocycles. The molecule has 7 heteroatoms. The van der Waals surface area contributed by atoms with Crippen LogP contribution in [0.5, 0.6) is 0 Å². The highest BCUT2D eigenvalue weighted by molar-refractivity contribution is 6.32. The molecule has 0 saturated heterocycles. The fourth-order valence-corrected chi connectivity index (χ4v) is 1.36. The van der Waals surface area contributed by atoms with Gasteiger partial charge in [0.1, 0.15) is 12.6 Å². The summed E-state index contributed by atoms with van der Waals surface area (Å²) in [6.07, 6.45) is 0. The summed E-state index contributed by atoms with van der Waals surface area (Å²) in [5, 5.41) is 22.3. The van der Waals surface area contributed by atoms with Crippen LogP contribution in [-0.2, 0) is 9.59 Å². The van der Waals surface area contributed by atoms with Crippen LogP contribution in [-0.4, -0.2) is 30.1 Å². The number of benzene rings is 1. The maximum atomic E-state index is 11.2. The van der Waals surface area contributed by atoms with E-state index in [1.807, 2.05) is 6.07 Å². The molecule has 0 heterocycles. The lowest BCUT2D eigenvalue weighted by Gasteiger charge is -2.07. The lowest BCUT2D eigenvalue weighted by Crippen LogP contribution is -2.33. The maximum Gasteiger partial charge on any atom is 0.322 e. The molecule has 0 atom stereocenters. The molecule has 0 unspecified atom stereocenters. The number of carboxylic acid groups (broad SMARTS) is 1. The van der Waals surface area contributed by atoms with Crippen molar-refractivity contribution < 1.29 is 14.7 Å². The summed E-state index contributed by atoms with van der Waals surface area (Å²) in [6, 6.07) is 6.57. The van der Waals surface area contributed by atoms with Crippen molar-refractivity contribution in [2.75, 3.05) is 18.4 Å². The molecule has 0 aromatic heterocycles. The van der Waals surface area contributed by atoms with Gasteiger partial charge in [-0.3, -0.25) is 9.59 Å². The lowest BCUT2D eigenvalue weighted by atomic mass is 10.2. The number of nitrogens with one attached hydrogen (secondary N) is 2. The summed E-state index contributed by atoms with van der Waals surface area (Å²) in [5.41, 5.74) is 0.919. The van der Waals surface area contributed by atoms with Crippen LogP contribution in [0.2, 0.25) is 5.02 Å². The van der Waals surface area contributed by atoms with Crippen LogP contribution >= 0.6 is 11.6 Å². The summed E-state index contributed by atoms with van der Waals surface area (Å²) < 4.78 is 0. The molecular weight excluding hydrogens is 258 g/mol. The molecular formula is C11H10ClN3O3. The average molecular weight is 268 g/mol. The van der Waals surface area contributed by atoms with Gasteiger partial charge >= 0.3 is 5.97 Å². The number of hydrogen-bond acceptors (Lipinski definition) is 4. The van der Waals surface area contributed by atoms with Gasteiger partial charge in [0.15, 0.2) is 0 Å². The topological polar surface area (TPSA) is 102 Å². The SMILES string of the molecule is N#Cc1ccc(NCC(=O)NCC(=O)O)cc1Cl. The normalized spacial score (nSPS) is 9.33. The Morgan fingerprint density at radius 1 is 1.39 bits per heavy atom. The zero-order chi connectivity index (χ0) is 13.5. The molecule has 6 nitrogen and oxygen atoms in total. The first-order valence-corrected chi connectivity index (χ1v) is 5.32. The van der Waals surface area contributed by atoms with Crippen molar-refractivity contribution in [3.63, 3.8) is 0 Å². The van der Waals surface area contributed by atoms with E-state index in [2.05, 4.69) is 10.6 Å². The fourth-order valence-electron chi connectivity index (χ4n) is 1.13. The first kappa shape index (κ1) is 13.8. The molecule has 18 heavy (non-hydrogen) atoms. The Morgan fingerprint density at radius 3 is 2.67 bits per heavy atom. The number of carbonyl (C=O) groups excluding carboxylic acids is 1. The van der Waals surface area contributed by atoms with Crippen LogP contribution in [0.4, 0.5) is 5.69 Å². The number of amides is 1. The first-order chi connectivity index (χ1) is 8.52. The van der Waals surface area contributed by atoms with Crippen molar-refractivity contribution >= 4 is 29.2 Å². The second kappa shape index (κ2) is 6.47. The van der Waals surface area contributed by atoms with Gasteiger partial charge in [0.2, 0.25) is 5.91 Å². The Labute approximate surface area is 108 Å². The van der Waals surface area contributed by atoms with E-state index >= 15 is 0 Å². The van der Waals surface area contributed by atoms with Crippen LogP contribution in [0.25, 0.3) is 0 Å². The number of carbonyl (C=O) groups is 2. The van der Waals surface area contributed by atoms with Gasteiger partial charge in [0.05, 0.1) is 17.1 Å². The Balaban J connectivity index is 2.49. The molecule has 1 amide bonds. The molecule has 0 bridgehead atoms. The molecule has 94 valence electrons. The van der Waals surface area contributed by atoms with Crippen molar-refractivity contribution in [1.29, 1.82) is 5.26 Å². The van der Waals surface area contributed by atoms with E-state index in [-0.39, 0.29) is 11.6 Å². The molecule has 1 aromatic carbocycles. The second-order valence-electron chi connectivity index (χ2n) is 3.33. The van der Waals surface area contributed by atoms with Gasteiger partial charge in [-0.1, -0.05) is 11.6 Å². The second-order valence-corrected chi connectivity index (χ2v) is 3.74. The minimum absolute atomic E-state index is 0.0739. The van der Waals surface area contributed by atoms with Gasteiger partial charge in [0, 0.05) is 5.69 Å². The van der Waals surface area contributed by atoms with Crippen molar-refractivity contribution in [3.05, 3.63) is 28.8 Å². The number of nitrogens with zero attached hydrogens (tertiary/aromatic N) is 1. The van der Waals surface area contributed by atoms with Gasteiger partial charge in [-0.15, -0.1) is 0 Å². The third-order valence-electron chi connectivity index (χ3n) is 1.98. The van der Waals surface area contributed by atoms with E-state index < -0.39 is 18.4 Å². The van der Waals surface area contributed by atoms with E-state index in [4.69, 9.17) is 22.0 Å². The lowest BCUT2D eigenvalue weighted by molar-refractivity contribution is -0.137. The first-order valence-electron chi connectivity index (χ1n) is 4.95. The number of hydrogen-bond donors (Lipinski definition) is 3. The fraction of sp³-hybridized carbons (Fsp3) is 0.182. The molecule has 1 rings (SSSR count). The van der Waals surface area contributed by atoms with E-state index in [0.29, 0.717) is 11.3 Å². The summed E-state index contributed by atoms with van der Waals surface area (Å²) in [5.74, 6) is -1.55. The Hall–Kier alpha value is -2.26. The maximum absolute atomic E-state index is 11.2. The van der Waals surface area contributed by atoms with E-state index in [9.17, 15) is 9.59 Å². The number of rotatable bonds is 5. The third kappa shape index (κ3) is 4.31. The number of aliphatic carboxylic acids is 1. The van der Waals surface area contributed by atoms with Crippen LogP contribution in [0.15, 0.2) is 18.2 Å². The molecule has 3 N–H and O–H groups in total. The standard InChI is InChI=1S/C11H10ClN3O3/c12-9-3-8(2-1-7(9)4-13)14-5-10(16)15-6-11(17)18/h1-3,14H,5-6H2,(H,15,16)(H,17,18). The van der Waals surface area contributed by atoms with Crippen molar-refractivity contribution in [3.8, 4) is 6.07 Å². The van der Waals surface area contributed by atoms with E-state index in [1.54, 1.807) is 6.07 Å². The quantitative estimate of drug-likeness (QED) is 0.733. The largest absolute Gasteiger partial charge is 0.480 e. The summed E-state index contributed by atoms with van der Waals surface area (Å²) >= 11 is 5.81. The number of nitriles is 1. The van der Waals surface area contributed by atoms with Gasteiger partial charge in [0.25, 0.3) is 0 Å². The number of halogens is 1. The predicted molar refractivity (Wildman–Crippen MR) is 65.3 cm³/mol. The third-order valence-corrected chi connectivity index (χ3v) is 2.29. The van der Waals surface area contributed by atoms with Crippen molar-refractivity contribution in [2.45, 2.75) is 0 Å². The van der Waals surface area contributed by atoms with Gasteiger partial charge < -0.3 is 15.7 Å². The zero-order valence-corrected chi connectivity index (χ0v) is 9.99. The van der Waals surface area contributed by atoms with Gasteiger partial charge in [-0.05, 0) is 18.2 Å². The molecule has 1 aromatic rings. The van der Waals surface area contributed by atoms with Crippen molar-refractivity contribution in [2.24, 2.45) is 0 Å². The average Bonchev–Trinajstić information content (AvgIpc) is 2.34. The Morgan fingerprint density at radius 2 is 2.11 bits per heavy atom. The van der Waals surface area contributed by atoms with Gasteiger partial charge in [-0.2, -0.15) is 5.26 Å². The highest BCUT2D eigenvalue weighted by Gasteiger charge is 2.05. The Bertz CT molecular complexity index is 511. The predicted octanol–water partition coefficient (Wildman–Crippen LogP) is 0.824. The van der Waals surface area contributed by atoms with Crippen LogP contribution < -0.4 is 10.6 Å². The highest BCUT2D eigenvalue weighted by atomic mass is 35.5. The van der Waals surface area contributed by atoms with E-state index in [1.165, 1.54) is 12.1 Å². The molecule has 0 spiro atoms.